The molecule has 2 rings (SSSR count). The standard InChI is InChI=1S/C18H19N3O4S/c1-6-24-18(23)16-15(12(5)25-21-16)14(22)8-26-17-13(7-19)10(3)9(2)11(4)20-17/h6,8H2,1-5H3. The van der Waals surface area contributed by atoms with E-state index >= 15 is 0 Å². The van der Waals surface area contributed by atoms with Crippen molar-refractivity contribution in [3.63, 3.8) is 0 Å². The van der Waals surface area contributed by atoms with E-state index in [-0.39, 0.29) is 35.2 Å². The fourth-order valence-electron chi connectivity index (χ4n) is 2.39. The second-order valence-corrected chi connectivity index (χ2v) is 6.60. The molecule has 0 atom stereocenters. The molecule has 7 nitrogen and oxygen atoms in total. The van der Waals surface area contributed by atoms with Crippen molar-refractivity contribution in [1.29, 1.82) is 5.26 Å². The topological polar surface area (TPSA) is 106 Å². The van der Waals surface area contributed by atoms with E-state index in [1.807, 2.05) is 20.8 Å². The second kappa shape index (κ2) is 8.15. The van der Waals surface area contributed by atoms with Crippen LogP contribution in [-0.4, -0.2) is 34.3 Å². The molecule has 0 radical (unpaired) electrons. The molecule has 0 unspecified atom stereocenters. The number of carbonyl (C=O) groups is 2. The number of thioether (sulfide) groups is 1. The number of carbonyl (C=O) groups excluding carboxylic acids is 2. The molecule has 2 aromatic heterocycles. The number of hydrogen-bond donors (Lipinski definition) is 0. The first-order chi connectivity index (χ1) is 12.3. The SMILES string of the molecule is CCOC(=O)c1noc(C)c1C(=O)CSc1nc(C)c(C)c(C)c1C#N. The van der Waals surface area contributed by atoms with Crippen molar-refractivity contribution >= 4 is 23.5 Å². The molecular formula is C18H19N3O4S. The van der Waals surface area contributed by atoms with Crippen molar-refractivity contribution in [2.45, 2.75) is 39.6 Å². The fourth-order valence-corrected chi connectivity index (χ4v) is 3.35. The Kier molecular flexibility index (Phi) is 6.16. The zero-order valence-electron chi connectivity index (χ0n) is 15.3. The molecule has 0 aromatic carbocycles. The summed E-state index contributed by atoms with van der Waals surface area (Å²) in [5.41, 5.74) is 3.05. The number of nitrogens with zero attached hydrogens (tertiary/aromatic N) is 3. The van der Waals surface area contributed by atoms with E-state index in [4.69, 9.17) is 9.26 Å². The van der Waals surface area contributed by atoms with E-state index in [2.05, 4.69) is 16.2 Å². The van der Waals surface area contributed by atoms with Gasteiger partial charge in [0, 0.05) is 5.69 Å². The first-order valence-corrected chi connectivity index (χ1v) is 8.97. The highest BCUT2D eigenvalue weighted by atomic mass is 32.2. The van der Waals surface area contributed by atoms with Crippen LogP contribution in [0, 0.1) is 39.0 Å². The molecule has 0 N–H and O–H groups in total. The number of Topliss-reactive ketones (excluding diaryl/α,β-unsaturated/α-hetero) is 1. The average Bonchev–Trinajstić information content (AvgIpc) is 2.99. The summed E-state index contributed by atoms with van der Waals surface area (Å²) in [5, 5.41) is 13.5. The van der Waals surface area contributed by atoms with E-state index in [0.29, 0.717) is 10.6 Å². The quantitative estimate of drug-likeness (QED) is 0.431. The zero-order valence-corrected chi connectivity index (χ0v) is 16.1. The molecule has 0 amide bonds. The Morgan fingerprint density at radius 2 is 1.92 bits per heavy atom. The Labute approximate surface area is 155 Å². The summed E-state index contributed by atoms with van der Waals surface area (Å²) < 4.78 is 9.89. The Morgan fingerprint density at radius 3 is 2.54 bits per heavy atom. The molecule has 2 aromatic rings. The first kappa shape index (κ1) is 19.7. The lowest BCUT2D eigenvalue weighted by Gasteiger charge is -2.10. The third-order valence-corrected chi connectivity index (χ3v) is 5.00. The lowest BCUT2D eigenvalue weighted by molar-refractivity contribution is 0.0512. The highest BCUT2D eigenvalue weighted by Gasteiger charge is 2.26. The van der Waals surface area contributed by atoms with Crippen LogP contribution in [-0.2, 0) is 4.74 Å². The Morgan fingerprint density at radius 1 is 1.23 bits per heavy atom. The number of ether oxygens (including phenoxy) is 1. The molecule has 0 saturated carbocycles. The minimum Gasteiger partial charge on any atom is -0.461 e. The molecule has 136 valence electrons. The Balaban J connectivity index is 2.27. The van der Waals surface area contributed by atoms with Gasteiger partial charge < -0.3 is 9.26 Å². The Hall–Kier alpha value is -2.66. The highest BCUT2D eigenvalue weighted by molar-refractivity contribution is 8.00. The number of aryl methyl sites for hydroxylation is 2. The van der Waals surface area contributed by atoms with Gasteiger partial charge in [-0.2, -0.15) is 5.26 Å². The van der Waals surface area contributed by atoms with Gasteiger partial charge in [0.05, 0.1) is 23.5 Å². The number of aromatic nitrogens is 2. The van der Waals surface area contributed by atoms with Crippen molar-refractivity contribution in [2.24, 2.45) is 0 Å². The van der Waals surface area contributed by atoms with Gasteiger partial charge in [-0.25, -0.2) is 9.78 Å². The summed E-state index contributed by atoms with van der Waals surface area (Å²) in [4.78, 5) is 29.0. The van der Waals surface area contributed by atoms with Gasteiger partial charge in [-0.3, -0.25) is 4.79 Å². The normalized spacial score (nSPS) is 10.5. The van der Waals surface area contributed by atoms with E-state index in [0.717, 1.165) is 28.6 Å². The average molecular weight is 373 g/mol. The molecule has 0 aliphatic carbocycles. The smallest absolute Gasteiger partial charge is 0.361 e. The van der Waals surface area contributed by atoms with Crippen LogP contribution >= 0.6 is 11.8 Å². The van der Waals surface area contributed by atoms with Crippen LogP contribution in [0.4, 0.5) is 0 Å². The molecule has 8 heteroatoms. The summed E-state index contributed by atoms with van der Waals surface area (Å²) in [6, 6.07) is 2.15. The van der Waals surface area contributed by atoms with Crippen LogP contribution in [0.3, 0.4) is 0 Å². The Bertz CT molecular complexity index is 912. The highest BCUT2D eigenvalue weighted by Crippen LogP contribution is 2.27. The minimum atomic E-state index is -0.699. The predicted octanol–water partition coefficient (Wildman–Crippen LogP) is 3.33. The van der Waals surface area contributed by atoms with E-state index < -0.39 is 5.97 Å². The molecule has 0 saturated heterocycles. The van der Waals surface area contributed by atoms with Crippen molar-refractivity contribution in [3.8, 4) is 6.07 Å². The van der Waals surface area contributed by atoms with Gasteiger partial charge in [0.25, 0.3) is 0 Å². The molecule has 0 fully saturated rings. The van der Waals surface area contributed by atoms with Gasteiger partial charge in [0.2, 0.25) is 5.69 Å². The predicted molar refractivity (Wildman–Crippen MR) is 95.4 cm³/mol. The number of nitriles is 1. The van der Waals surface area contributed by atoms with E-state index in [1.165, 1.54) is 0 Å². The van der Waals surface area contributed by atoms with Crippen molar-refractivity contribution in [2.75, 3.05) is 12.4 Å². The summed E-state index contributed by atoms with van der Waals surface area (Å²) in [7, 11) is 0. The lowest BCUT2D eigenvalue weighted by Crippen LogP contribution is -2.13. The maximum absolute atomic E-state index is 12.6. The van der Waals surface area contributed by atoms with Gasteiger partial charge >= 0.3 is 5.97 Å². The molecule has 2 heterocycles. The maximum atomic E-state index is 12.6. The van der Waals surface area contributed by atoms with Crippen LogP contribution in [0.1, 0.15) is 55.9 Å². The van der Waals surface area contributed by atoms with Crippen LogP contribution in [0.2, 0.25) is 0 Å². The van der Waals surface area contributed by atoms with E-state index in [1.54, 1.807) is 13.8 Å². The van der Waals surface area contributed by atoms with Crippen molar-refractivity contribution < 1.29 is 18.8 Å². The van der Waals surface area contributed by atoms with E-state index in [9.17, 15) is 14.9 Å². The minimum absolute atomic E-state index is 0.00191. The zero-order chi connectivity index (χ0) is 19.4. The van der Waals surface area contributed by atoms with Crippen molar-refractivity contribution in [3.05, 3.63) is 39.4 Å². The summed E-state index contributed by atoms with van der Waals surface area (Å²) >= 11 is 1.15. The number of esters is 1. The van der Waals surface area contributed by atoms with Crippen LogP contribution < -0.4 is 0 Å². The monoisotopic (exact) mass is 373 g/mol. The number of pyridine rings is 1. The lowest BCUT2D eigenvalue weighted by atomic mass is 10.1. The van der Waals surface area contributed by atoms with Crippen LogP contribution in [0.25, 0.3) is 0 Å². The third-order valence-electron chi connectivity index (χ3n) is 4.03. The molecule has 26 heavy (non-hydrogen) atoms. The largest absolute Gasteiger partial charge is 0.461 e. The summed E-state index contributed by atoms with van der Waals surface area (Å²) in [6.45, 7) is 9.02. The first-order valence-electron chi connectivity index (χ1n) is 7.99. The second-order valence-electron chi connectivity index (χ2n) is 5.63. The fraction of sp³-hybridized carbons (Fsp3) is 0.389. The van der Waals surface area contributed by atoms with Gasteiger partial charge in [0.15, 0.2) is 5.78 Å². The number of ketones is 1. The van der Waals surface area contributed by atoms with Gasteiger partial charge in [0.1, 0.15) is 16.9 Å². The van der Waals surface area contributed by atoms with Gasteiger partial charge in [-0.15, -0.1) is 0 Å². The molecule has 0 aliphatic rings. The molecular weight excluding hydrogens is 354 g/mol. The number of hydrogen-bond acceptors (Lipinski definition) is 8. The van der Waals surface area contributed by atoms with Gasteiger partial charge in [-0.1, -0.05) is 16.9 Å². The maximum Gasteiger partial charge on any atom is 0.361 e. The van der Waals surface area contributed by atoms with Crippen LogP contribution in [0.15, 0.2) is 9.55 Å². The summed E-state index contributed by atoms with van der Waals surface area (Å²) in [6.07, 6.45) is 0. The number of rotatable bonds is 6. The molecule has 0 spiro atoms. The van der Waals surface area contributed by atoms with Crippen molar-refractivity contribution in [1.82, 2.24) is 10.1 Å². The third kappa shape index (κ3) is 3.78. The molecule has 0 bridgehead atoms. The van der Waals surface area contributed by atoms with Crippen LogP contribution in [0.5, 0.6) is 0 Å². The van der Waals surface area contributed by atoms with Gasteiger partial charge in [-0.05, 0) is 45.7 Å². The summed E-state index contributed by atoms with van der Waals surface area (Å²) in [5.74, 6) is -0.782. The molecule has 0 aliphatic heterocycles.